The second-order valence-corrected chi connectivity index (χ2v) is 11.5. The maximum Gasteiger partial charge on any atom is 0.340 e. The van der Waals surface area contributed by atoms with E-state index in [1.165, 1.54) is 13.0 Å². The third kappa shape index (κ3) is 5.67. The summed E-state index contributed by atoms with van der Waals surface area (Å²) in [6, 6.07) is 2.46. The van der Waals surface area contributed by atoms with Gasteiger partial charge in [0.05, 0.1) is 16.0 Å². The van der Waals surface area contributed by atoms with Gasteiger partial charge in [0.15, 0.2) is 11.6 Å². The highest BCUT2D eigenvalue weighted by Crippen LogP contribution is 2.32. The van der Waals surface area contributed by atoms with E-state index in [0.29, 0.717) is 12.8 Å². The summed E-state index contributed by atoms with van der Waals surface area (Å²) in [4.78, 5) is 49.2. The lowest BCUT2D eigenvalue weighted by molar-refractivity contribution is -0.114. The standard InChI is InChI=1S/C27H30O8S/c1-17-14-18(26(30)34-20-8-4-2-5-9-20)15-24(25(17)27(31)35-21-10-6-3-7-11-21)36(32,33)23-16-19(28)12-13-22(23)29/h12-16,20-21H,2-11H2,1H3. The van der Waals surface area contributed by atoms with Gasteiger partial charge in [0.1, 0.15) is 17.1 Å². The van der Waals surface area contributed by atoms with Crippen LogP contribution in [-0.2, 0) is 28.9 Å². The highest BCUT2D eigenvalue weighted by atomic mass is 32.2. The summed E-state index contributed by atoms with van der Waals surface area (Å²) in [5.74, 6) is -3.08. The molecule has 0 saturated heterocycles. The van der Waals surface area contributed by atoms with Crippen LogP contribution in [0.1, 0.15) is 90.5 Å². The third-order valence-electron chi connectivity index (χ3n) is 6.89. The number of sulfone groups is 1. The minimum absolute atomic E-state index is 0.0448. The fourth-order valence-corrected chi connectivity index (χ4v) is 6.60. The van der Waals surface area contributed by atoms with Crippen molar-refractivity contribution in [3.05, 3.63) is 52.0 Å². The van der Waals surface area contributed by atoms with E-state index >= 15 is 0 Å². The number of carbonyl (C=O) groups is 4. The van der Waals surface area contributed by atoms with Gasteiger partial charge in [0, 0.05) is 6.08 Å². The van der Waals surface area contributed by atoms with Gasteiger partial charge < -0.3 is 9.47 Å². The molecule has 192 valence electrons. The molecule has 0 aliphatic heterocycles. The zero-order chi connectivity index (χ0) is 25.9. The number of hydrogen-bond donors (Lipinski definition) is 0. The van der Waals surface area contributed by atoms with Gasteiger partial charge in [-0.2, -0.15) is 0 Å². The van der Waals surface area contributed by atoms with E-state index in [9.17, 15) is 27.6 Å². The Hall–Kier alpha value is -3.07. The van der Waals surface area contributed by atoms with Crippen molar-refractivity contribution >= 4 is 33.3 Å². The molecule has 0 spiro atoms. The number of rotatable bonds is 6. The van der Waals surface area contributed by atoms with Crippen molar-refractivity contribution < 1.29 is 37.1 Å². The first-order chi connectivity index (χ1) is 17.2. The van der Waals surface area contributed by atoms with Crippen molar-refractivity contribution in [3.8, 4) is 0 Å². The lowest BCUT2D eigenvalue weighted by Gasteiger charge is -2.24. The molecule has 0 N–H and O–H groups in total. The highest BCUT2D eigenvalue weighted by Gasteiger charge is 2.35. The quantitative estimate of drug-likeness (QED) is 0.406. The van der Waals surface area contributed by atoms with Crippen LogP contribution in [0.5, 0.6) is 0 Å². The molecular weight excluding hydrogens is 484 g/mol. The Bertz CT molecular complexity index is 1240. The Balaban J connectivity index is 1.75. The first-order valence-electron chi connectivity index (χ1n) is 12.5. The van der Waals surface area contributed by atoms with Crippen molar-refractivity contribution in [1.82, 2.24) is 0 Å². The summed E-state index contributed by atoms with van der Waals surface area (Å²) >= 11 is 0. The predicted molar refractivity (Wildman–Crippen MR) is 130 cm³/mol. The highest BCUT2D eigenvalue weighted by molar-refractivity contribution is 7.96. The molecule has 0 aromatic heterocycles. The summed E-state index contributed by atoms with van der Waals surface area (Å²) in [6.45, 7) is 1.51. The minimum Gasteiger partial charge on any atom is -0.459 e. The molecule has 0 radical (unpaired) electrons. The third-order valence-corrected chi connectivity index (χ3v) is 8.68. The van der Waals surface area contributed by atoms with E-state index in [1.807, 2.05) is 0 Å². The van der Waals surface area contributed by atoms with Crippen LogP contribution in [0.2, 0.25) is 0 Å². The fraction of sp³-hybridized carbons (Fsp3) is 0.481. The summed E-state index contributed by atoms with van der Waals surface area (Å²) in [5.41, 5.74) is -0.0831. The van der Waals surface area contributed by atoms with Crippen LogP contribution in [0.4, 0.5) is 0 Å². The smallest absolute Gasteiger partial charge is 0.340 e. The summed E-state index contributed by atoms with van der Waals surface area (Å²) in [7, 11) is -4.64. The molecule has 36 heavy (non-hydrogen) atoms. The van der Waals surface area contributed by atoms with Gasteiger partial charge in [-0.1, -0.05) is 12.8 Å². The zero-order valence-corrected chi connectivity index (χ0v) is 21.1. The molecule has 9 heteroatoms. The van der Waals surface area contributed by atoms with Crippen LogP contribution in [0.25, 0.3) is 0 Å². The van der Waals surface area contributed by atoms with E-state index in [2.05, 4.69) is 0 Å². The lowest BCUT2D eigenvalue weighted by Crippen LogP contribution is -2.25. The van der Waals surface area contributed by atoms with Gasteiger partial charge in [-0.3, -0.25) is 9.59 Å². The Morgan fingerprint density at radius 2 is 1.36 bits per heavy atom. The van der Waals surface area contributed by atoms with E-state index in [-0.39, 0.29) is 28.9 Å². The van der Waals surface area contributed by atoms with Crippen molar-refractivity contribution in [2.45, 2.75) is 88.2 Å². The Labute approximate surface area is 210 Å². The molecule has 1 aromatic carbocycles. The second kappa shape index (κ2) is 10.9. The number of esters is 2. The molecule has 0 heterocycles. The fourth-order valence-electron chi connectivity index (χ4n) is 4.96. The number of allylic oxidation sites excluding steroid dienone is 4. The molecule has 8 nitrogen and oxygen atoms in total. The van der Waals surface area contributed by atoms with Crippen molar-refractivity contribution in [2.75, 3.05) is 0 Å². The van der Waals surface area contributed by atoms with Gasteiger partial charge in [0.2, 0.25) is 9.84 Å². The van der Waals surface area contributed by atoms with Crippen LogP contribution >= 0.6 is 0 Å². The molecule has 0 amide bonds. The number of carbonyl (C=O) groups excluding carboxylic acids is 4. The lowest BCUT2D eigenvalue weighted by atomic mass is 9.97. The van der Waals surface area contributed by atoms with Gasteiger partial charge in [-0.15, -0.1) is 0 Å². The molecular formula is C27H30O8S. The molecule has 2 saturated carbocycles. The SMILES string of the molecule is Cc1cc(C(=O)OC2CCCCC2)cc(S(=O)(=O)C2=CC(=O)C=CC2=O)c1C(=O)OC1CCCCC1. The van der Waals surface area contributed by atoms with Gasteiger partial charge in [0.25, 0.3) is 0 Å². The first-order valence-corrected chi connectivity index (χ1v) is 13.9. The van der Waals surface area contributed by atoms with Crippen LogP contribution < -0.4 is 0 Å². The number of aryl methyl sites for hydroxylation is 1. The number of benzene rings is 1. The maximum absolute atomic E-state index is 13.6. The van der Waals surface area contributed by atoms with E-state index in [4.69, 9.17) is 9.47 Å². The van der Waals surface area contributed by atoms with Gasteiger partial charge in [-0.05, 0) is 88.1 Å². The summed E-state index contributed by atoms with van der Waals surface area (Å²) in [6.07, 6.45) is 10.6. The average molecular weight is 515 g/mol. The summed E-state index contributed by atoms with van der Waals surface area (Å²) in [5, 5.41) is 0. The second-order valence-electron chi connectivity index (χ2n) is 9.61. The van der Waals surface area contributed by atoms with E-state index < -0.39 is 43.1 Å². The monoisotopic (exact) mass is 514 g/mol. The Morgan fingerprint density at radius 1 is 0.806 bits per heavy atom. The molecule has 0 atom stereocenters. The molecule has 3 aliphatic rings. The van der Waals surface area contributed by atoms with Crippen molar-refractivity contribution in [1.29, 1.82) is 0 Å². The van der Waals surface area contributed by atoms with Crippen LogP contribution in [0.3, 0.4) is 0 Å². The van der Waals surface area contributed by atoms with E-state index in [1.54, 1.807) is 0 Å². The average Bonchev–Trinajstić information content (AvgIpc) is 2.86. The molecule has 2 fully saturated rings. The van der Waals surface area contributed by atoms with Crippen LogP contribution in [0, 0.1) is 6.92 Å². The predicted octanol–water partition coefficient (Wildman–Crippen LogP) is 4.34. The Morgan fingerprint density at radius 3 is 1.94 bits per heavy atom. The van der Waals surface area contributed by atoms with Gasteiger partial charge >= 0.3 is 11.9 Å². The van der Waals surface area contributed by atoms with Gasteiger partial charge in [-0.25, -0.2) is 18.0 Å². The summed E-state index contributed by atoms with van der Waals surface area (Å²) < 4.78 is 38.5. The molecule has 4 rings (SSSR count). The zero-order valence-electron chi connectivity index (χ0n) is 20.3. The number of ketones is 2. The molecule has 0 unspecified atom stereocenters. The topological polar surface area (TPSA) is 121 Å². The van der Waals surface area contributed by atoms with E-state index in [0.717, 1.165) is 75.7 Å². The molecule has 0 bridgehead atoms. The maximum atomic E-state index is 13.6. The number of hydrogen-bond acceptors (Lipinski definition) is 8. The van der Waals surface area contributed by atoms with Crippen LogP contribution in [-0.4, -0.2) is 44.1 Å². The van der Waals surface area contributed by atoms with Crippen molar-refractivity contribution in [3.63, 3.8) is 0 Å². The minimum atomic E-state index is -4.64. The first kappa shape index (κ1) is 26.0. The molecule has 3 aliphatic carbocycles. The largest absolute Gasteiger partial charge is 0.459 e. The molecule has 1 aromatic rings. The number of ether oxygens (including phenoxy) is 2. The normalized spacial score (nSPS) is 19.6. The Kier molecular flexibility index (Phi) is 7.88. The van der Waals surface area contributed by atoms with Crippen molar-refractivity contribution in [2.24, 2.45) is 0 Å². The van der Waals surface area contributed by atoms with Crippen LogP contribution in [0.15, 0.2) is 40.2 Å².